The highest BCUT2D eigenvalue weighted by molar-refractivity contribution is 9.10. The fourth-order valence-corrected chi connectivity index (χ4v) is 2.57. The van der Waals surface area contributed by atoms with Crippen LogP contribution in [0.4, 0.5) is 0 Å². The molecule has 3 aromatic rings. The maximum Gasteiger partial charge on any atom is 0.197 e. The van der Waals surface area contributed by atoms with Crippen LogP contribution >= 0.6 is 15.9 Å². The first-order valence-corrected chi connectivity index (χ1v) is 6.51. The quantitative estimate of drug-likeness (QED) is 0.787. The van der Waals surface area contributed by atoms with Crippen LogP contribution in [0.1, 0.15) is 0 Å². The Bertz CT molecular complexity index is 752. The number of aromatic hydroxyl groups is 1. The Balaban J connectivity index is 2.37. The molecule has 1 aromatic carbocycles. The van der Waals surface area contributed by atoms with Gasteiger partial charge in [-0.2, -0.15) is 0 Å². The molecule has 0 aliphatic rings. The molecule has 0 fully saturated rings. The molecule has 0 spiro atoms. The van der Waals surface area contributed by atoms with Crippen LogP contribution < -0.4 is 4.74 Å². The summed E-state index contributed by atoms with van der Waals surface area (Å²) in [5, 5.41) is 10.1. The van der Waals surface area contributed by atoms with Crippen LogP contribution in [0.25, 0.3) is 16.9 Å². The Morgan fingerprint density at radius 2 is 1.95 bits per heavy atom. The average molecular weight is 319 g/mol. The Kier molecular flexibility index (Phi) is 2.91. The minimum absolute atomic E-state index is 0.136. The number of halogens is 1. The third kappa shape index (κ3) is 1.86. The first-order valence-electron chi connectivity index (χ1n) is 5.71. The van der Waals surface area contributed by atoms with Gasteiger partial charge in [0.15, 0.2) is 11.7 Å². The summed E-state index contributed by atoms with van der Waals surface area (Å²) in [5.74, 6) is 1.49. The highest BCUT2D eigenvalue weighted by atomic mass is 79.9. The number of hydrogen-bond acceptors (Lipinski definition) is 3. The Hall–Kier alpha value is -2.01. The van der Waals surface area contributed by atoms with Crippen molar-refractivity contribution in [1.82, 2.24) is 9.38 Å². The minimum Gasteiger partial charge on any atom is -0.496 e. The van der Waals surface area contributed by atoms with Crippen molar-refractivity contribution in [2.24, 2.45) is 0 Å². The first-order chi connectivity index (χ1) is 9.22. The lowest BCUT2D eigenvalue weighted by Crippen LogP contribution is -1.93. The maximum atomic E-state index is 10.1. The molecule has 5 heteroatoms. The van der Waals surface area contributed by atoms with E-state index in [1.165, 1.54) is 0 Å². The fraction of sp³-hybridized carbons (Fsp3) is 0.0714. The van der Waals surface area contributed by atoms with Crippen LogP contribution in [0.2, 0.25) is 0 Å². The van der Waals surface area contributed by atoms with Crippen molar-refractivity contribution < 1.29 is 9.84 Å². The number of para-hydroxylation sites is 1. The predicted molar refractivity (Wildman–Crippen MR) is 76.5 cm³/mol. The molecule has 4 nitrogen and oxygen atoms in total. The summed E-state index contributed by atoms with van der Waals surface area (Å²) < 4.78 is 7.71. The number of hydrogen-bond donors (Lipinski definition) is 1. The van der Waals surface area contributed by atoms with Gasteiger partial charge in [-0.05, 0) is 40.2 Å². The van der Waals surface area contributed by atoms with E-state index in [4.69, 9.17) is 4.74 Å². The molecule has 0 radical (unpaired) electrons. The van der Waals surface area contributed by atoms with Crippen LogP contribution in [0.3, 0.4) is 0 Å². The molecule has 19 heavy (non-hydrogen) atoms. The molecular weight excluding hydrogens is 308 g/mol. The lowest BCUT2D eigenvalue weighted by Gasteiger charge is -2.08. The highest BCUT2D eigenvalue weighted by Gasteiger charge is 2.16. The number of rotatable bonds is 2. The second-order valence-electron chi connectivity index (χ2n) is 4.03. The third-order valence-corrected chi connectivity index (χ3v) is 3.53. The van der Waals surface area contributed by atoms with Crippen molar-refractivity contribution in [3.8, 4) is 23.0 Å². The van der Waals surface area contributed by atoms with Gasteiger partial charge in [0.05, 0.1) is 18.2 Å². The normalized spacial score (nSPS) is 10.8. The van der Waals surface area contributed by atoms with Crippen molar-refractivity contribution in [3.63, 3.8) is 0 Å². The third-order valence-electron chi connectivity index (χ3n) is 2.94. The van der Waals surface area contributed by atoms with E-state index in [-0.39, 0.29) is 5.88 Å². The van der Waals surface area contributed by atoms with Gasteiger partial charge in [-0.1, -0.05) is 18.2 Å². The zero-order valence-corrected chi connectivity index (χ0v) is 11.8. The van der Waals surface area contributed by atoms with E-state index < -0.39 is 0 Å². The number of fused-ring (bicyclic) bond motifs is 1. The van der Waals surface area contributed by atoms with Crippen LogP contribution in [-0.4, -0.2) is 21.6 Å². The van der Waals surface area contributed by atoms with Crippen molar-refractivity contribution in [2.45, 2.75) is 0 Å². The Labute approximate surface area is 118 Å². The molecule has 0 aliphatic carbocycles. The van der Waals surface area contributed by atoms with Crippen LogP contribution in [0, 0.1) is 0 Å². The lowest BCUT2D eigenvalue weighted by molar-refractivity contribution is 0.415. The van der Waals surface area contributed by atoms with Gasteiger partial charge in [-0.15, -0.1) is 0 Å². The SMILES string of the molecule is COc1ccccc1-c1nc(Br)c2cccc(O)n12. The summed E-state index contributed by atoms with van der Waals surface area (Å²) in [6.07, 6.45) is 0. The van der Waals surface area contributed by atoms with E-state index in [1.807, 2.05) is 30.3 Å². The summed E-state index contributed by atoms with van der Waals surface area (Å²) in [4.78, 5) is 4.47. The maximum absolute atomic E-state index is 10.1. The molecule has 2 aromatic heterocycles. The molecule has 0 amide bonds. The zero-order chi connectivity index (χ0) is 13.4. The van der Waals surface area contributed by atoms with Gasteiger partial charge in [0.25, 0.3) is 0 Å². The first kappa shape index (κ1) is 12.0. The summed E-state index contributed by atoms with van der Waals surface area (Å²) in [6, 6.07) is 12.9. The fourth-order valence-electron chi connectivity index (χ4n) is 2.09. The molecular formula is C14H11BrN2O2. The number of ether oxygens (including phenoxy) is 1. The van der Waals surface area contributed by atoms with E-state index in [9.17, 15) is 5.11 Å². The smallest absolute Gasteiger partial charge is 0.197 e. The highest BCUT2D eigenvalue weighted by Crippen LogP contribution is 2.34. The van der Waals surface area contributed by atoms with Gasteiger partial charge in [-0.25, -0.2) is 4.98 Å². The number of nitrogens with zero attached hydrogens (tertiary/aromatic N) is 2. The molecule has 0 bridgehead atoms. The molecule has 3 rings (SSSR count). The molecule has 0 atom stereocenters. The van der Waals surface area contributed by atoms with Gasteiger partial charge >= 0.3 is 0 Å². The van der Waals surface area contributed by atoms with Crippen molar-refractivity contribution >= 4 is 21.4 Å². The van der Waals surface area contributed by atoms with Gasteiger partial charge in [0.1, 0.15) is 10.4 Å². The van der Waals surface area contributed by atoms with Gasteiger partial charge in [-0.3, -0.25) is 4.40 Å². The standard InChI is InChI=1S/C14H11BrN2O2/c1-19-11-7-3-2-5-9(11)14-16-13(15)10-6-4-8-12(18)17(10)14/h2-8,18H,1H3. The number of methoxy groups -OCH3 is 1. The summed E-state index contributed by atoms with van der Waals surface area (Å²) in [7, 11) is 1.61. The summed E-state index contributed by atoms with van der Waals surface area (Å²) >= 11 is 3.41. The van der Waals surface area contributed by atoms with Crippen LogP contribution in [0.15, 0.2) is 47.1 Å². The predicted octanol–water partition coefficient (Wildman–Crippen LogP) is 3.48. The minimum atomic E-state index is 0.136. The molecule has 0 aliphatic heterocycles. The van der Waals surface area contributed by atoms with E-state index in [2.05, 4.69) is 20.9 Å². The van der Waals surface area contributed by atoms with E-state index in [1.54, 1.807) is 23.6 Å². The average Bonchev–Trinajstić information content (AvgIpc) is 2.78. The van der Waals surface area contributed by atoms with Gasteiger partial charge < -0.3 is 9.84 Å². The monoisotopic (exact) mass is 318 g/mol. The van der Waals surface area contributed by atoms with Gasteiger partial charge in [0, 0.05) is 0 Å². The molecule has 1 N–H and O–H groups in total. The second-order valence-corrected chi connectivity index (χ2v) is 4.78. The lowest BCUT2D eigenvalue weighted by atomic mass is 10.2. The van der Waals surface area contributed by atoms with E-state index in [0.717, 1.165) is 11.1 Å². The van der Waals surface area contributed by atoms with E-state index in [0.29, 0.717) is 16.2 Å². The molecule has 2 heterocycles. The Morgan fingerprint density at radius 3 is 2.74 bits per heavy atom. The molecule has 96 valence electrons. The number of imidazole rings is 1. The number of aromatic nitrogens is 2. The van der Waals surface area contributed by atoms with E-state index >= 15 is 0 Å². The van der Waals surface area contributed by atoms with Crippen molar-refractivity contribution in [1.29, 1.82) is 0 Å². The zero-order valence-electron chi connectivity index (χ0n) is 10.2. The molecule has 0 saturated carbocycles. The second kappa shape index (κ2) is 4.59. The van der Waals surface area contributed by atoms with Crippen molar-refractivity contribution in [3.05, 3.63) is 47.1 Å². The van der Waals surface area contributed by atoms with Crippen LogP contribution in [-0.2, 0) is 0 Å². The summed E-state index contributed by atoms with van der Waals surface area (Å²) in [5.41, 5.74) is 1.63. The van der Waals surface area contributed by atoms with Crippen molar-refractivity contribution in [2.75, 3.05) is 7.11 Å². The molecule has 0 unspecified atom stereocenters. The van der Waals surface area contributed by atoms with Gasteiger partial charge in [0.2, 0.25) is 0 Å². The molecule has 0 saturated heterocycles. The summed E-state index contributed by atoms with van der Waals surface area (Å²) in [6.45, 7) is 0. The van der Waals surface area contributed by atoms with Crippen LogP contribution in [0.5, 0.6) is 11.6 Å². The topological polar surface area (TPSA) is 46.8 Å². The largest absolute Gasteiger partial charge is 0.496 e. The Morgan fingerprint density at radius 1 is 1.16 bits per heavy atom. The number of benzene rings is 1. The number of pyridine rings is 1.